The van der Waals surface area contributed by atoms with Crippen molar-refractivity contribution < 1.29 is 14.3 Å². The summed E-state index contributed by atoms with van der Waals surface area (Å²) in [6, 6.07) is 5.23. The molecule has 1 aliphatic rings. The lowest BCUT2D eigenvalue weighted by atomic mass is 9.99. The van der Waals surface area contributed by atoms with E-state index in [2.05, 4.69) is 0 Å². The molecule has 1 aromatic rings. The van der Waals surface area contributed by atoms with Gasteiger partial charge in [0.1, 0.15) is 0 Å². The first kappa shape index (κ1) is 12.7. The Bertz CT molecular complexity index is 462. The molecule has 0 spiro atoms. The normalized spacial score (nSPS) is 23.3. The summed E-state index contributed by atoms with van der Waals surface area (Å²) < 4.78 is 10.7. The summed E-state index contributed by atoms with van der Waals surface area (Å²) in [4.78, 5) is 13.4. The molecule has 1 aromatic carbocycles. The zero-order valence-corrected chi connectivity index (χ0v) is 10.8. The number of methoxy groups -OCH3 is 2. The topological polar surface area (TPSA) is 64.8 Å². The molecule has 2 unspecified atom stereocenters. The average molecular weight is 250 g/mol. The standard InChI is InChI=1S/C13H18N2O3/c1-15-11(16)7-9(14)12(15)8-5-4-6-10(17-2)13(8)18-3/h4-6,9,12H,7,14H2,1-3H3. The molecule has 2 rings (SSSR count). The molecule has 1 saturated heterocycles. The fraction of sp³-hybridized carbons (Fsp3) is 0.462. The van der Waals surface area contributed by atoms with E-state index in [1.807, 2.05) is 18.2 Å². The van der Waals surface area contributed by atoms with Crippen LogP contribution in [0.25, 0.3) is 0 Å². The van der Waals surface area contributed by atoms with E-state index in [1.165, 1.54) is 0 Å². The van der Waals surface area contributed by atoms with Gasteiger partial charge in [-0.1, -0.05) is 12.1 Å². The molecule has 5 nitrogen and oxygen atoms in total. The smallest absolute Gasteiger partial charge is 0.224 e. The number of hydrogen-bond acceptors (Lipinski definition) is 4. The molecule has 0 aromatic heterocycles. The Hall–Kier alpha value is -1.75. The van der Waals surface area contributed by atoms with E-state index in [-0.39, 0.29) is 18.0 Å². The zero-order valence-electron chi connectivity index (χ0n) is 10.8. The molecule has 5 heteroatoms. The molecule has 1 fully saturated rings. The second-order valence-electron chi connectivity index (χ2n) is 4.40. The van der Waals surface area contributed by atoms with Crippen LogP contribution in [0.5, 0.6) is 11.5 Å². The Kier molecular flexibility index (Phi) is 3.43. The second kappa shape index (κ2) is 4.86. The summed E-state index contributed by atoms with van der Waals surface area (Å²) in [7, 11) is 4.94. The van der Waals surface area contributed by atoms with Gasteiger partial charge in [0, 0.05) is 25.1 Å². The van der Waals surface area contributed by atoms with Crippen LogP contribution in [0.3, 0.4) is 0 Å². The van der Waals surface area contributed by atoms with E-state index < -0.39 is 0 Å². The molecule has 98 valence electrons. The third kappa shape index (κ3) is 1.90. The molecule has 18 heavy (non-hydrogen) atoms. The van der Waals surface area contributed by atoms with Gasteiger partial charge in [0.15, 0.2) is 11.5 Å². The molecule has 0 bridgehead atoms. The minimum absolute atomic E-state index is 0.0531. The number of benzene rings is 1. The third-order valence-corrected chi connectivity index (χ3v) is 3.38. The SMILES string of the molecule is COc1cccc(C2C(N)CC(=O)N2C)c1OC. The van der Waals surface area contributed by atoms with Gasteiger partial charge < -0.3 is 20.1 Å². The Morgan fingerprint density at radius 2 is 2.06 bits per heavy atom. The highest BCUT2D eigenvalue weighted by molar-refractivity contribution is 5.80. The maximum absolute atomic E-state index is 11.7. The van der Waals surface area contributed by atoms with Crippen molar-refractivity contribution in [1.29, 1.82) is 0 Å². The molecule has 1 aliphatic heterocycles. The van der Waals surface area contributed by atoms with E-state index in [9.17, 15) is 4.79 Å². The lowest BCUT2D eigenvalue weighted by Gasteiger charge is -2.25. The van der Waals surface area contributed by atoms with Crippen molar-refractivity contribution in [2.45, 2.75) is 18.5 Å². The number of likely N-dealkylation sites (N-methyl/N-ethyl adjacent to an activating group) is 1. The summed E-state index contributed by atoms with van der Waals surface area (Å²) in [5.41, 5.74) is 6.93. The number of ether oxygens (including phenoxy) is 2. The van der Waals surface area contributed by atoms with Crippen LogP contribution in [0, 0.1) is 0 Å². The van der Waals surface area contributed by atoms with Gasteiger partial charge in [-0.05, 0) is 6.07 Å². The summed E-state index contributed by atoms with van der Waals surface area (Å²) in [6.07, 6.45) is 0.363. The summed E-state index contributed by atoms with van der Waals surface area (Å²) in [5, 5.41) is 0. The van der Waals surface area contributed by atoms with Crippen LogP contribution >= 0.6 is 0 Å². The summed E-state index contributed by atoms with van der Waals surface area (Å²) in [5.74, 6) is 1.34. The Labute approximate surface area is 106 Å². The van der Waals surface area contributed by atoms with E-state index >= 15 is 0 Å². The van der Waals surface area contributed by atoms with Crippen molar-refractivity contribution >= 4 is 5.91 Å². The molecule has 0 aliphatic carbocycles. The predicted molar refractivity (Wildman–Crippen MR) is 67.6 cm³/mol. The van der Waals surface area contributed by atoms with Gasteiger partial charge in [0.05, 0.1) is 20.3 Å². The van der Waals surface area contributed by atoms with Crippen molar-refractivity contribution in [3.8, 4) is 11.5 Å². The molecule has 1 amide bonds. The van der Waals surface area contributed by atoms with Crippen LogP contribution < -0.4 is 15.2 Å². The molecule has 2 N–H and O–H groups in total. The molecule has 0 radical (unpaired) electrons. The van der Waals surface area contributed by atoms with Crippen LogP contribution in [-0.4, -0.2) is 38.1 Å². The third-order valence-electron chi connectivity index (χ3n) is 3.38. The first-order valence-electron chi connectivity index (χ1n) is 5.82. The number of carbonyl (C=O) groups is 1. The highest BCUT2D eigenvalue weighted by Crippen LogP contribution is 2.40. The van der Waals surface area contributed by atoms with Gasteiger partial charge in [-0.25, -0.2) is 0 Å². The van der Waals surface area contributed by atoms with Gasteiger partial charge in [-0.15, -0.1) is 0 Å². The van der Waals surface area contributed by atoms with Crippen molar-refractivity contribution in [1.82, 2.24) is 4.90 Å². The van der Waals surface area contributed by atoms with Crippen LogP contribution in [0.1, 0.15) is 18.0 Å². The van der Waals surface area contributed by atoms with Gasteiger partial charge >= 0.3 is 0 Å². The first-order valence-corrected chi connectivity index (χ1v) is 5.82. The van der Waals surface area contributed by atoms with Crippen LogP contribution in [0.2, 0.25) is 0 Å². The van der Waals surface area contributed by atoms with Gasteiger partial charge in [0.2, 0.25) is 5.91 Å². The van der Waals surface area contributed by atoms with E-state index in [0.29, 0.717) is 17.9 Å². The first-order chi connectivity index (χ1) is 8.60. The number of nitrogens with zero attached hydrogens (tertiary/aromatic N) is 1. The number of likely N-dealkylation sites (tertiary alicyclic amines) is 1. The largest absolute Gasteiger partial charge is 0.493 e. The highest BCUT2D eigenvalue weighted by atomic mass is 16.5. The van der Waals surface area contributed by atoms with Crippen molar-refractivity contribution in [3.05, 3.63) is 23.8 Å². The molecule has 1 heterocycles. The van der Waals surface area contributed by atoms with E-state index in [4.69, 9.17) is 15.2 Å². The Balaban J connectivity index is 2.47. The minimum atomic E-state index is -0.219. The zero-order chi connectivity index (χ0) is 13.3. The maximum Gasteiger partial charge on any atom is 0.224 e. The van der Waals surface area contributed by atoms with Crippen molar-refractivity contribution in [2.75, 3.05) is 21.3 Å². The number of rotatable bonds is 3. The van der Waals surface area contributed by atoms with Gasteiger partial charge in [0.25, 0.3) is 0 Å². The number of para-hydroxylation sites is 1. The fourth-order valence-electron chi connectivity index (χ4n) is 2.48. The van der Waals surface area contributed by atoms with Gasteiger partial charge in [-0.2, -0.15) is 0 Å². The fourth-order valence-corrected chi connectivity index (χ4v) is 2.48. The van der Waals surface area contributed by atoms with Crippen molar-refractivity contribution in [2.24, 2.45) is 5.73 Å². The number of hydrogen-bond donors (Lipinski definition) is 1. The summed E-state index contributed by atoms with van der Waals surface area (Å²) >= 11 is 0. The lowest BCUT2D eigenvalue weighted by Crippen LogP contribution is -2.30. The monoisotopic (exact) mass is 250 g/mol. The molecular weight excluding hydrogens is 232 g/mol. The molecule has 2 atom stereocenters. The second-order valence-corrected chi connectivity index (χ2v) is 4.40. The number of amides is 1. The Morgan fingerprint density at radius 3 is 2.56 bits per heavy atom. The van der Waals surface area contributed by atoms with Crippen LogP contribution in [-0.2, 0) is 4.79 Å². The lowest BCUT2D eigenvalue weighted by molar-refractivity contribution is -0.127. The Morgan fingerprint density at radius 1 is 1.33 bits per heavy atom. The summed E-state index contributed by atoms with van der Waals surface area (Å²) in [6.45, 7) is 0. The van der Waals surface area contributed by atoms with Crippen LogP contribution in [0.4, 0.5) is 0 Å². The quantitative estimate of drug-likeness (QED) is 0.867. The molecule has 0 saturated carbocycles. The minimum Gasteiger partial charge on any atom is -0.493 e. The van der Waals surface area contributed by atoms with Crippen LogP contribution in [0.15, 0.2) is 18.2 Å². The van der Waals surface area contributed by atoms with Crippen molar-refractivity contribution in [3.63, 3.8) is 0 Å². The van der Waals surface area contributed by atoms with E-state index in [1.54, 1.807) is 26.2 Å². The highest BCUT2D eigenvalue weighted by Gasteiger charge is 2.38. The average Bonchev–Trinajstić information content (AvgIpc) is 2.62. The number of nitrogens with two attached hydrogens (primary N) is 1. The predicted octanol–water partition coefficient (Wildman–Crippen LogP) is 0.934. The number of carbonyl (C=O) groups excluding carboxylic acids is 1. The van der Waals surface area contributed by atoms with E-state index in [0.717, 1.165) is 5.56 Å². The molecular formula is C13H18N2O3. The maximum atomic E-state index is 11.7. The van der Waals surface area contributed by atoms with Gasteiger partial charge in [-0.3, -0.25) is 4.79 Å².